The van der Waals surface area contributed by atoms with E-state index in [-0.39, 0.29) is 6.03 Å². The standard InChI is InChI=1S/C8H14N2O3/c1-13-8(12)9-7(11)10-5-3-2-4-6-10/h2-6H2,1H3,(H,9,11,12). The molecule has 1 N–H and O–H groups in total. The van der Waals surface area contributed by atoms with Gasteiger partial charge in [0.2, 0.25) is 0 Å². The Morgan fingerprint density at radius 2 is 1.85 bits per heavy atom. The van der Waals surface area contributed by atoms with Crippen molar-refractivity contribution in [3.8, 4) is 0 Å². The number of methoxy groups -OCH3 is 1. The molecule has 0 aliphatic carbocycles. The Labute approximate surface area is 77.0 Å². The predicted molar refractivity (Wildman–Crippen MR) is 46.4 cm³/mol. The van der Waals surface area contributed by atoms with Gasteiger partial charge in [-0.3, -0.25) is 0 Å². The molecule has 5 nitrogen and oxygen atoms in total. The molecule has 1 heterocycles. The lowest BCUT2D eigenvalue weighted by Gasteiger charge is -2.25. The summed E-state index contributed by atoms with van der Waals surface area (Å²) in [5.74, 6) is 0. The molecule has 0 radical (unpaired) electrons. The highest BCUT2D eigenvalue weighted by molar-refractivity contribution is 5.90. The van der Waals surface area contributed by atoms with Crippen molar-refractivity contribution in [3.05, 3.63) is 0 Å². The van der Waals surface area contributed by atoms with Crippen LogP contribution in [-0.2, 0) is 4.74 Å². The summed E-state index contributed by atoms with van der Waals surface area (Å²) in [6.45, 7) is 1.45. The van der Waals surface area contributed by atoms with Gasteiger partial charge < -0.3 is 9.64 Å². The first-order valence-corrected chi connectivity index (χ1v) is 4.38. The van der Waals surface area contributed by atoms with E-state index in [2.05, 4.69) is 10.1 Å². The zero-order valence-electron chi connectivity index (χ0n) is 7.71. The number of hydrogen-bond donors (Lipinski definition) is 1. The minimum absolute atomic E-state index is 0.355. The van der Waals surface area contributed by atoms with Crippen molar-refractivity contribution in [1.29, 1.82) is 0 Å². The molecule has 0 aromatic rings. The van der Waals surface area contributed by atoms with Gasteiger partial charge in [0.05, 0.1) is 7.11 Å². The maximum Gasteiger partial charge on any atom is 0.415 e. The summed E-state index contributed by atoms with van der Waals surface area (Å²) < 4.78 is 4.31. The molecular weight excluding hydrogens is 172 g/mol. The number of nitrogens with zero attached hydrogens (tertiary/aromatic N) is 1. The van der Waals surface area contributed by atoms with E-state index < -0.39 is 6.09 Å². The number of likely N-dealkylation sites (tertiary alicyclic amines) is 1. The van der Waals surface area contributed by atoms with Crippen LogP contribution in [0.3, 0.4) is 0 Å². The van der Waals surface area contributed by atoms with Gasteiger partial charge in [0.25, 0.3) is 0 Å². The van der Waals surface area contributed by atoms with Gasteiger partial charge in [-0.1, -0.05) is 0 Å². The van der Waals surface area contributed by atoms with E-state index in [1.54, 1.807) is 4.90 Å². The number of amides is 3. The summed E-state index contributed by atoms with van der Waals surface area (Å²) in [7, 11) is 1.23. The van der Waals surface area contributed by atoms with Crippen LogP contribution in [0.4, 0.5) is 9.59 Å². The Morgan fingerprint density at radius 3 is 2.38 bits per heavy atom. The normalized spacial score (nSPS) is 16.5. The number of nitrogens with one attached hydrogen (secondary N) is 1. The number of ether oxygens (including phenoxy) is 1. The fourth-order valence-electron chi connectivity index (χ4n) is 1.31. The molecule has 3 amide bonds. The van der Waals surface area contributed by atoms with Gasteiger partial charge in [0, 0.05) is 13.1 Å². The molecule has 13 heavy (non-hydrogen) atoms. The van der Waals surface area contributed by atoms with Crippen LogP contribution in [0.15, 0.2) is 0 Å². The van der Waals surface area contributed by atoms with E-state index in [4.69, 9.17) is 0 Å². The molecule has 0 aromatic heterocycles. The SMILES string of the molecule is COC(=O)NC(=O)N1CCCCC1. The lowest BCUT2D eigenvalue weighted by molar-refractivity contribution is 0.158. The molecule has 1 aliphatic heterocycles. The second-order valence-electron chi connectivity index (χ2n) is 2.97. The Bertz CT molecular complexity index is 200. The van der Waals surface area contributed by atoms with Crippen molar-refractivity contribution in [1.82, 2.24) is 10.2 Å². The second kappa shape index (κ2) is 4.69. The smallest absolute Gasteiger partial charge is 0.415 e. The maximum absolute atomic E-state index is 11.3. The van der Waals surface area contributed by atoms with Gasteiger partial charge in [0.1, 0.15) is 0 Å². The summed E-state index contributed by atoms with van der Waals surface area (Å²) in [4.78, 5) is 23.6. The summed E-state index contributed by atoms with van der Waals surface area (Å²) in [5.41, 5.74) is 0. The van der Waals surface area contributed by atoms with E-state index in [0.29, 0.717) is 0 Å². The van der Waals surface area contributed by atoms with Gasteiger partial charge in [0.15, 0.2) is 0 Å². The third kappa shape index (κ3) is 2.93. The number of carbonyl (C=O) groups is 2. The zero-order chi connectivity index (χ0) is 9.68. The summed E-state index contributed by atoms with van der Waals surface area (Å²) in [6.07, 6.45) is 2.47. The molecule has 0 bridgehead atoms. The molecule has 0 aromatic carbocycles. The maximum atomic E-state index is 11.3. The largest absolute Gasteiger partial charge is 0.453 e. The van der Waals surface area contributed by atoms with E-state index in [9.17, 15) is 9.59 Å². The molecule has 1 rings (SSSR count). The van der Waals surface area contributed by atoms with Crippen molar-refractivity contribution in [2.75, 3.05) is 20.2 Å². The minimum Gasteiger partial charge on any atom is -0.453 e. The topological polar surface area (TPSA) is 58.6 Å². The molecule has 74 valence electrons. The zero-order valence-corrected chi connectivity index (χ0v) is 7.71. The summed E-state index contributed by atoms with van der Waals surface area (Å²) in [6, 6.07) is -0.355. The van der Waals surface area contributed by atoms with Gasteiger partial charge in [-0.25, -0.2) is 14.9 Å². The highest BCUT2D eigenvalue weighted by Gasteiger charge is 2.18. The van der Waals surface area contributed by atoms with Crippen molar-refractivity contribution >= 4 is 12.1 Å². The van der Waals surface area contributed by atoms with E-state index in [0.717, 1.165) is 32.4 Å². The fourth-order valence-corrected chi connectivity index (χ4v) is 1.31. The number of hydrogen-bond acceptors (Lipinski definition) is 3. The van der Waals surface area contributed by atoms with Crippen LogP contribution in [0.5, 0.6) is 0 Å². The van der Waals surface area contributed by atoms with Crippen LogP contribution in [0.1, 0.15) is 19.3 Å². The molecule has 1 saturated heterocycles. The van der Waals surface area contributed by atoms with Crippen molar-refractivity contribution in [2.45, 2.75) is 19.3 Å². The first-order chi connectivity index (χ1) is 6.24. The highest BCUT2D eigenvalue weighted by Crippen LogP contribution is 2.08. The average Bonchev–Trinajstić information content (AvgIpc) is 2.19. The van der Waals surface area contributed by atoms with Crippen LogP contribution in [0, 0.1) is 0 Å². The molecule has 5 heteroatoms. The summed E-state index contributed by atoms with van der Waals surface area (Å²) >= 11 is 0. The molecule has 0 spiro atoms. The molecular formula is C8H14N2O3. The van der Waals surface area contributed by atoms with E-state index in [1.165, 1.54) is 7.11 Å². The average molecular weight is 186 g/mol. The molecule has 0 atom stereocenters. The lowest BCUT2D eigenvalue weighted by atomic mass is 10.1. The van der Waals surface area contributed by atoms with E-state index >= 15 is 0 Å². The quantitative estimate of drug-likeness (QED) is 0.612. The number of piperidine rings is 1. The van der Waals surface area contributed by atoms with Crippen molar-refractivity contribution < 1.29 is 14.3 Å². The second-order valence-corrected chi connectivity index (χ2v) is 2.97. The van der Waals surface area contributed by atoms with Gasteiger partial charge in [-0.05, 0) is 19.3 Å². The number of alkyl carbamates (subject to hydrolysis) is 1. The third-order valence-corrected chi connectivity index (χ3v) is 2.04. The van der Waals surface area contributed by atoms with Gasteiger partial charge in [-0.2, -0.15) is 0 Å². The minimum atomic E-state index is -0.699. The Hall–Kier alpha value is -1.26. The molecule has 1 fully saturated rings. The molecule has 0 unspecified atom stereocenters. The van der Waals surface area contributed by atoms with Crippen LogP contribution < -0.4 is 5.32 Å². The molecule has 0 saturated carbocycles. The van der Waals surface area contributed by atoms with Crippen LogP contribution in [0.25, 0.3) is 0 Å². The van der Waals surface area contributed by atoms with Gasteiger partial charge >= 0.3 is 12.1 Å². The first kappa shape index (κ1) is 9.83. The third-order valence-electron chi connectivity index (χ3n) is 2.04. The number of carbonyl (C=O) groups excluding carboxylic acids is 2. The Morgan fingerprint density at radius 1 is 1.23 bits per heavy atom. The Balaban J connectivity index is 2.33. The van der Waals surface area contributed by atoms with Crippen LogP contribution in [0.2, 0.25) is 0 Å². The van der Waals surface area contributed by atoms with Crippen molar-refractivity contribution in [3.63, 3.8) is 0 Å². The van der Waals surface area contributed by atoms with Crippen molar-refractivity contribution in [2.24, 2.45) is 0 Å². The number of imide groups is 1. The predicted octanol–water partition coefficient (Wildman–Crippen LogP) is 0.948. The molecule has 1 aliphatic rings. The first-order valence-electron chi connectivity index (χ1n) is 4.38. The summed E-state index contributed by atoms with van der Waals surface area (Å²) in [5, 5.41) is 2.13. The number of rotatable bonds is 0. The van der Waals surface area contributed by atoms with Gasteiger partial charge in [-0.15, -0.1) is 0 Å². The number of urea groups is 1. The lowest BCUT2D eigenvalue weighted by Crippen LogP contribution is -2.45. The van der Waals surface area contributed by atoms with Crippen LogP contribution in [-0.4, -0.2) is 37.2 Å². The monoisotopic (exact) mass is 186 g/mol. The van der Waals surface area contributed by atoms with Crippen LogP contribution >= 0.6 is 0 Å². The highest BCUT2D eigenvalue weighted by atomic mass is 16.5. The van der Waals surface area contributed by atoms with E-state index in [1.807, 2.05) is 0 Å². The fraction of sp³-hybridized carbons (Fsp3) is 0.750. The Kier molecular flexibility index (Phi) is 3.54.